The van der Waals surface area contributed by atoms with E-state index in [9.17, 15) is 4.79 Å². The third-order valence-electron chi connectivity index (χ3n) is 1.72. The second-order valence-corrected chi connectivity index (χ2v) is 3.33. The summed E-state index contributed by atoms with van der Waals surface area (Å²) in [6.07, 6.45) is 0. The second-order valence-electron chi connectivity index (χ2n) is 2.93. The Hall–Kier alpha value is -1.42. The molecule has 0 unspecified atom stereocenters. The topological polar surface area (TPSA) is 64.3 Å². The monoisotopic (exact) mass is 228 g/mol. The molecule has 4 nitrogen and oxygen atoms in total. The number of carbonyl (C=O) groups excluding carboxylic acids is 1. The van der Waals surface area contributed by atoms with Crippen molar-refractivity contribution in [3.8, 4) is 5.75 Å². The van der Waals surface area contributed by atoms with Gasteiger partial charge in [-0.3, -0.25) is 4.79 Å². The second kappa shape index (κ2) is 5.46. The van der Waals surface area contributed by atoms with E-state index in [0.29, 0.717) is 23.0 Å². The molecule has 1 amide bonds. The fourth-order valence-corrected chi connectivity index (χ4v) is 1.17. The summed E-state index contributed by atoms with van der Waals surface area (Å²) in [5.74, 6) is 0.367. The SMILES string of the molecule is CCNC(=O)COc1ccc(N)c(Cl)c1. The van der Waals surface area contributed by atoms with Crippen molar-refractivity contribution in [2.75, 3.05) is 18.9 Å². The molecule has 0 saturated carbocycles. The van der Waals surface area contributed by atoms with E-state index in [4.69, 9.17) is 22.1 Å². The van der Waals surface area contributed by atoms with Gasteiger partial charge >= 0.3 is 0 Å². The highest BCUT2D eigenvalue weighted by atomic mass is 35.5. The summed E-state index contributed by atoms with van der Waals surface area (Å²) in [4.78, 5) is 11.1. The highest BCUT2D eigenvalue weighted by molar-refractivity contribution is 6.33. The number of ether oxygens (including phenoxy) is 1. The van der Waals surface area contributed by atoms with Crippen LogP contribution in [0.1, 0.15) is 6.92 Å². The van der Waals surface area contributed by atoms with E-state index in [0.717, 1.165) is 0 Å². The number of nitrogens with two attached hydrogens (primary N) is 1. The highest BCUT2D eigenvalue weighted by Gasteiger charge is 2.02. The van der Waals surface area contributed by atoms with Crippen LogP contribution in [-0.2, 0) is 4.79 Å². The van der Waals surface area contributed by atoms with Crippen molar-refractivity contribution in [2.24, 2.45) is 0 Å². The third kappa shape index (κ3) is 3.67. The maximum atomic E-state index is 11.1. The van der Waals surface area contributed by atoms with E-state index in [1.807, 2.05) is 6.92 Å². The normalized spacial score (nSPS) is 9.73. The lowest BCUT2D eigenvalue weighted by Gasteiger charge is -2.07. The average molecular weight is 229 g/mol. The minimum absolute atomic E-state index is 0.0198. The van der Waals surface area contributed by atoms with E-state index in [2.05, 4.69) is 5.32 Å². The zero-order valence-electron chi connectivity index (χ0n) is 8.42. The van der Waals surface area contributed by atoms with Crippen molar-refractivity contribution in [1.82, 2.24) is 5.32 Å². The van der Waals surface area contributed by atoms with Crippen LogP contribution in [0.5, 0.6) is 5.75 Å². The smallest absolute Gasteiger partial charge is 0.257 e. The first kappa shape index (κ1) is 11.7. The number of halogens is 1. The lowest BCUT2D eigenvalue weighted by atomic mass is 10.3. The van der Waals surface area contributed by atoms with Crippen molar-refractivity contribution < 1.29 is 9.53 Å². The van der Waals surface area contributed by atoms with Crippen molar-refractivity contribution >= 4 is 23.2 Å². The summed E-state index contributed by atoms with van der Waals surface area (Å²) in [5.41, 5.74) is 6.01. The van der Waals surface area contributed by atoms with Gasteiger partial charge in [-0.25, -0.2) is 0 Å². The quantitative estimate of drug-likeness (QED) is 0.767. The predicted octanol–water partition coefficient (Wildman–Crippen LogP) is 1.44. The first-order valence-corrected chi connectivity index (χ1v) is 4.95. The van der Waals surface area contributed by atoms with Gasteiger partial charge in [-0.1, -0.05) is 11.6 Å². The molecule has 0 aliphatic heterocycles. The number of nitrogen functional groups attached to an aromatic ring is 1. The number of hydrogen-bond donors (Lipinski definition) is 2. The summed E-state index contributed by atoms with van der Waals surface area (Å²) in [7, 11) is 0. The Morgan fingerprint density at radius 2 is 2.33 bits per heavy atom. The van der Waals surface area contributed by atoms with Gasteiger partial charge in [-0.15, -0.1) is 0 Å². The Labute approximate surface area is 93.4 Å². The summed E-state index contributed by atoms with van der Waals surface area (Å²) in [6.45, 7) is 2.41. The zero-order chi connectivity index (χ0) is 11.3. The van der Waals surface area contributed by atoms with E-state index < -0.39 is 0 Å². The van der Waals surface area contributed by atoms with Crippen LogP contribution in [0.3, 0.4) is 0 Å². The number of amides is 1. The Kier molecular flexibility index (Phi) is 4.24. The molecule has 0 atom stereocenters. The minimum Gasteiger partial charge on any atom is -0.484 e. The number of anilines is 1. The molecule has 1 aromatic carbocycles. The predicted molar refractivity (Wildman–Crippen MR) is 60.0 cm³/mol. The van der Waals surface area contributed by atoms with Crippen molar-refractivity contribution in [2.45, 2.75) is 6.92 Å². The van der Waals surface area contributed by atoms with Crippen LogP contribution in [-0.4, -0.2) is 19.1 Å². The van der Waals surface area contributed by atoms with Crippen LogP contribution in [0.25, 0.3) is 0 Å². The largest absolute Gasteiger partial charge is 0.484 e. The molecule has 1 rings (SSSR count). The molecule has 0 heterocycles. The molecule has 3 N–H and O–H groups in total. The summed E-state index contributed by atoms with van der Waals surface area (Å²) in [6, 6.07) is 4.88. The molecule has 82 valence electrons. The summed E-state index contributed by atoms with van der Waals surface area (Å²) >= 11 is 5.78. The Morgan fingerprint density at radius 3 is 2.93 bits per heavy atom. The van der Waals surface area contributed by atoms with Gasteiger partial charge in [-0.05, 0) is 19.1 Å². The number of hydrogen-bond acceptors (Lipinski definition) is 3. The van der Waals surface area contributed by atoms with Gasteiger partial charge in [0.05, 0.1) is 10.7 Å². The van der Waals surface area contributed by atoms with Crippen molar-refractivity contribution in [3.63, 3.8) is 0 Å². The fraction of sp³-hybridized carbons (Fsp3) is 0.300. The Bertz CT molecular complexity index is 355. The van der Waals surface area contributed by atoms with Gasteiger partial charge in [0.25, 0.3) is 5.91 Å². The number of benzene rings is 1. The van der Waals surface area contributed by atoms with Crippen molar-refractivity contribution in [1.29, 1.82) is 0 Å². The highest BCUT2D eigenvalue weighted by Crippen LogP contribution is 2.23. The molecule has 0 aliphatic carbocycles. The zero-order valence-corrected chi connectivity index (χ0v) is 9.17. The van der Waals surface area contributed by atoms with E-state index >= 15 is 0 Å². The Morgan fingerprint density at radius 1 is 1.60 bits per heavy atom. The molecule has 5 heteroatoms. The standard InChI is InChI=1S/C10H13ClN2O2/c1-2-13-10(14)6-15-7-3-4-9(12)8(11)5-7/h3-5H,2,6,12H2,1H3,(H,13,14). The Balaban J connectivity index is 2.51. The molecule has 0 aromatic heterocycles. The minimum atomic E-state index is -0.162. The van der Waals surface area contributed by atoms with Gasteiger partial charge in [-0.2, -0.15) is 0 Å². The van der Waals surface area contributed by atoms with Gasteiger partial charge in [0, 0.05) is 12.6 Å². The number of nitrogens with one attached hydrogen (secondary N) is 1. The van der Waals surface area contributed by atoms with E-state index in [1.165, 1.54) is 0 Å². The van der Waals surface area contributed by atoms with Gasteiger partial charge in [0.15, 0.2) is 6.61 Å². The average Bonchev–Trinajstić information content (AvgIpc) is 2.20. The van der Waals surface area contributed by atoms with Crippen LogP contribution < -0.4 is 15.8 Å². The maximum Gasteiger partial charge on any atom is 0.257 e. The first-order valence-electron chi connectivity index (χ1n) is 4.58. The van der Waals surface area contributed by atoms with Gasteiger partial charge < -0.3 is 15.8 Å². The molecular weight excluding hydrogens is 216 g/mol. The van der Waals surface area contributed by atoms with Gasteiger partial charge in [0.1, 0.15) is 5.75 Å². The van der Waals surface area contributed by atoms with Gasteiger partial charge in [0.2, 0.25) is 0 Å². The molecule has 0 aliphatic rings. The molecule has 0 radical (unpaired) electrons. The molecule has 15 heavy (non-hydrogen) atoms. The van der Waals surface area contributed by atoms with Crippen LogP contribution in [0.4, 0.5) is 5.69 Å². The van der Waals surface area contributed by atoms with Crippen LogP contribution in [0, 0.1) is 0 Å². The molecule has 1 aromatic rings. The van der Waals surface area contributed by atoms with E-state index in [-0.39, 0.29) is 12.5 Å². The van der Waals surface area contributed by atoms with E-state index in [1.54, 1.807) is 18.2 Å². The first-order chi connectivity index (χ1) is 7.13. The molecular formula is C10H13ClN2O2. The van der Waals surface area contributed by atoms with Crippen LogP contribution >= 0.6 is 11.6 Å². The fourth-order valence-electron chi connectivity index (χ4n) is 0.995. The lowest BCUT2D eigenvalue weighted by Crippen LogP contribution is -2.28. The molecule has 0 fully saturated rings. The number of rotatable bonds is 4. The summed E-state index contributed by atoms with van der Waals surface area (Å²) in [5, 5.41) is 3.04. The number of carbonyl (C=O) groups is 1. The van der Waals surface area contributed by atoms with Crippen LogP contribution in [0.15, 0.2) is 18.2 Å². The summed E-state index contributed by atoms with van der Waals surface area (Å²) < 4.78 is 5.20. The molecule has 0 spiro atoms. The maximum absolute atomic E-state index is 11.1. The van der Waals surface area contributed by atoms with Crippen LogP contribution in [0.2, 0.25) is 5.02 Å². The van der Waals surface area contributed by atoms with Crippen molar-refractivity contribution in [3.05, 3.63) is 23.2 Å². The molecule has 0 bridgehead atoms. The third-order valence-corrected chi connectivity index (χ3v) is 2.04. The lowest BCUT2D eigenvalue weighted by molar-refractivity contribution is -0.122. The molecule has 0 saturated heterocycles. The number of likely N-dealkylation sites (N-methyl/N-ethyl adjacent to an activating group) is 1.